The van der Waals surface area contributed by atoms with Crippen LogP contribution in [0.1, 0.15) is 12.5 Å². The fourth-order valence-corrected chi connectivity index (χ4v) is 1.54. The highest BCUT2D eigenvalue weighted by atomic mass is 35.5. The van der Waals surface area contributed by atoms with Crippen LogP contribution in [0.2, 0.25) is 5.02 Å². The number of carbonyl (C=O) groups excluding carboxylic acids is 1. The molecule has 0 atom stereocenters. The Morgan fingerprint density at radius 2 is 2.25 bits per heavy atom. The van der Waals surface area contributed by atoms with Crippen LogP contribution >= 0.6 is 11.6 Å². The van der Waals surface area contributed by atoms with Crippen LogP contribution in [-0.4, -0.2) is 17.5 Å². The monoisotopic (exact) mass is 243 g/mol. The van der Waals surface area contributed by atoms with Gasteiger partial charge in [-0.05, 0) is 13.0 Å². The Labute approximate surface area is 97.1 Å². The summed E-state index contributed by atoms with van der Waals surface area (Å²) >= 11 is 5.69. The Kier molecular flexibility index (Phi) is 4.25. The Morgan fingerprint density at radius 3 is 2.81 bits per heavy atom. The van der Waals surface area contributed by atoms with E-state index in [0.29, 0.717) is 0 Å². The summed E-state index contributed by atoms with van der Waals surface area (Å²) in [6.07, 6.45) is -0.148. The van der Waals surface area contributed by atoms with Crippen LogP contribution in [0.3, 0.4) is 0 Å². The Balaban J connectivity index is 3.00. The molecule has 6 heteroatoms. The van der Waals surface area contributed by atoms with Crippen LogP contribution in [0.5, 0.6) is 0 Å². The quantitative estimate of drug-likeness (QED) is 0.462. The third kappa shape index (κ3) is 2.93. The van der Waals surface area contributed by atoms with Crippen molar-refractivity contribution in [2.45, 2.75) is 13.3 Å². The first-order valence-corrected chi connectivity index (χ1v) is 5.01. The number of hydrogen-bond donors (Lipinski definition) is 0. The lowest BCUT2D eigenvalue weighted by atomic mass is 10.1. The smallest absolute Gasteiger partial charge is 0.310 e. The van der Waals surface area contributed by atoms with Crippen molar-refractivity contribution in [3.8, 4) is 0 Å². The van der Waals surface area contributed by atoms with Crippen molar-refractivity contribution >= 4 is 23.3 Å². The predicted octanol–water partition coefficient (Wildman–Crippen LogP) is 2.35. The predicted molar refractivity (Wildman–Crippen MR) is 58.4 cm³/mol. The van der Waals surface area contributed by atoms with Crippen molar-refractivity contribution in [2.24, 2.45) is 0 Å². The van der Waals surface area contributed by atoms with E-state index in [2.05, 4.69) is 0 Å². The molecule has 0 amide bonds. The first-order chi connectivity index (χ1) is 7.56. The van der Waals surface area contributed by atoms with Crippen LogP contribution in [0.25, 0.3) is 0 Å². The first kappa shape index (κ1) is 12.4. The first-order valence-electron chi connectivity index (χ1n) is 4.63. The van der Waals surface area contributed by atoms with Crippen LogP contribution in [0.15, 0.2) is 18.2 Å². The number of hydrogen-bond acceptors (Lipinski definition) is 4. The van der Waals surface area contributed by atoms with Crippen LogP contribution in [0.4, 0.5) is 5.69 Å². The molecular formula is C10H10ClNO4. The molecule has 86 valence electrons. The van der Waals surface area contributed by atoms with Gasteiger partial charge < -0.3 is 4.74 Å². The van der Waals surface area contributed by atoms with Crippen LogP contribution in [0, 0.1) is 10.1 Å². The fraction of sp³-hybridized carbons (Fsp3) is 0.300. The third-order valence-electron chi connectivity index (χ3n) is 1.89. The lowest BCUT2D eigenvalue weighted by Gasteiger charge is -2.04. The van der Waals surface area contributed by atoms with Crippen molar-refractivity contribution in [2.75, 3.05) is 6.61 Å². The number of nitro groups is 1. The molecule has 1 aromatic carbocycles. The number of esters is 1. The van der Waals surface area contributed by atoms with E-state index in [1.807, 2.05) is 0 Å². The van der Waals surface area contributed by atoms with E-state index in [9.17, 15) is 14.9 Å². The van der Waals surface area contributed by atoms with Gasteiger partial charge in [0.25, 0.3) is 5.69 Å². The number of benzene rings is 1. The minimum Gasteiger partial charge on any atom is -0.466 e. The Hall–Kier alpha value is -1.62. The van der Waals surface area contributed by atoms with E-state index in [1.54, 1.807) is 13.0 Å². The van der Waals surface area contributed by atoms with Gasteiger partial charge in [-0.2, -0.15) is 0 Å². The molecule has 0 N–H and O–H groups in total. The maximum atomic E-state index is 11.2. The maximum absolute atomic E-state index is 11.2. The summed E-state index contributed by atoms with van der Waals surface area (Å²) in [4.78, 5) is 21.4. The molecule has 16 heavy (non-hydrogen) atoms. The van der Waals surface area contributed by atoms with E-state index in [0.717, 1.165) is 0 Å². The van der Waals surface area contributed by atoms with Crippen LogP contribution in [-0.2, 0) is 16.0 Å². The number of carbonyl (C=O) groups is 1. The summed E-state index contributed by atoms with van der Waals surface area (Å²) in [5.74, 6) is -0.507. The van der Waals surface area contributed by atoms with Gasteiger partial charge in [0.05, 0.1) is 18.0 Å². The number of nitrogens with zero attached hydrogens (tertiary/aromatic N) is 1. The number of rotatable bonds is 4. The van der Waals surface area contributed by atoms with Crippen LogP contribution < -0.4 is 0 Å². The summed E-state index contributed by atoms with van der Waals surface area (Å²) in [5, 5.41) is 10.8. The lowest BCUT2D eigenvalue weighted by Crippen LogP contribution is -2.09. The minimum absolute atomic E-state index is 0.0202. The van der Waals surface area contributed by atoms with E-state index in [4.69, 9.17) is 16.3 Å². The Bertz CT molecular complexity index is 419. The molecule has 0 saturated carbocycles. The zero-order valence-corrected chi connectivity index (χ0v) is 9.36. The summed E-state index contributed by atoms with van der Waals surface area (Å²) < 4.78 is 4.72. The van der Waals surface area contributed by atoms with E-state index < -0.39 is 10.9 Å². The van der Waals surface area contributed by atoms with Crippen molar-refractivity contribution < 1.29 is 14.5 Å². The van der Waals surface area contributed by atoms with Crippen molar-refractivity contribution in [3.05, 3.63) is 38.9 Å². The summed E-state index contributed by atoms with van der Waals surface area (Å²) in [6.45, 7) is 1.91. The van der Waals surface area contributed by atoms with Gasteiger partial charge >= 0.3 is 5.97 Å². The maximum Gasteiger partial charge on any atom is 0.310 e. The van der Waals surface area contributed by atoms with E-state index in [-0.39, 0.29) is 29.3 Å². The molecule has 0 unspecified atom stereocenters. The third-order valence-corrected chi connectivity index (χ3v) is 2.20. The van der Waals surface area contributed by atoms with Gasteiger partial charge in [-0.25, -0.2) is 0 Å². The fourth-order valence-electron chi connectivity index (χ4n) is 1.27. The molecule has 0 aromatic heterocycles. The van der Waals surface area contributed by atoms with Gasteiger partial charge in [0.1, 0.15) is 5.02 Å². The number of nitro benzene ring substituents is 1. The summed E-state index contributed by atoms with van der Waals surface area (Å²) in [6, 6.07) is 4.46. The van der Waals surface area contributed by atoms with Gasteiger partial charge in [-0.15, -0.1) is 0 Å². The zero-order valence-electron chi connectivity index (χ0n) is 8.60. The summed E-state index contributed by atoms with van der Waals surface area (Å²) in [7, 11) is 0. The molecule has 0 aliphatic rings. The SMILES string of the molecule is CCOC(=O)Cc1cccc(Cl)c1[N+](=O)[O-]. The van der Waals surface area contributed by atoms with Gasteiger partial charge in [-0.3, -0.25) is 14.9 Å². The van der Waals surface area contributed by atoms with Gasteiger partial charge in [-0.1, -0.05) is 23.7 Å². The molecule has 0 aliphatic heterocycles. The van der Waals surface area contributed by atoms with Gasteiger partial charge in [0, 0.05) is 5.56 Å². The number of ether oxygens (including phenoxy) is 1. The second-order valence-electron chi connectivity index (χ2n) is 2.99. The lowest BCUT2D eigenvalue weighted by molar-refractivity contribution is -0.385. The van der Waals surface area contributed by atoms with Crippen molar-refractivity contribution in [1.29, 1.82) is 0 Å². The molecule has 0 radical (unpaired) electrons. The van der Waals surface area contributed by atoms with Gasteiger partial charge in [0.15, 0.2) is 0 Å². The highest BCUT2D eigenvalue weighted by molar-refractivity contribution is 6.32. The largest absolute Gasteiger partial charge is 0.466 e. The molecule has 1 aromatic rings. The average molecular weight is 244 g/mol. The normalized spacial score (nSPS) is 9.88. The molecule has 0 saturated heterocycles. The average Bonchev–Trinajstić information content (AvgIpc) is 2.17. The number of halogens is 1. The molecule has 0 heterocycles. The molecule has 0 fully saturated rings. The molecule has 0 aliphatic carbocycles. The van der Waals surface area contributed by atoms with E-state index in [1.165, 1.54) is 12.1 Å². The summed E-state index contributed by atoms with van der Waals surface area (Å²) in [5.41, 5.74) is 0.0215. The zero-order chi connectivity index (χ0) is 12.1. The van der Waals surface area contributed by atoms with Crippen molar-refractivity contribution in [3.63, 3.8) is 0 Å². The highest BCUT2D eigenvalue weighted by Gasteiger charge is 2.20. The molecule has 0 bridgehead atoms. The second kappa shape index (κ2) is 5.46. The molecule has 1 rings (SSSR count). The van der Waals surface area contributed by atoms with Gasteiger partial charge in [0.2, 0.25) is 0 Å². The standard InChI is InChI=1S/C10H10ClNO4/c1-2-16-9(13)6-7-4-3-5-8(11)10(7)12(14)15/h3-5H,2,6H2,1H3. The Morgan fingerprint density at radius 1 is 1.56 bits per heavy atom. The molecule has 0 spiro atoms. The van der Waals surface area contributed by atoms with Crippen molar-refractivity contribution in [1.82, 2.24) is 0 Å². The highest BCUT2D eigenvalue weighted by Crippen LogP contribution is 2.28. The second-order valence-corrected chi connectivity index (χ2v) is 3.39. The molecule has 5 nitrogen and oxygen atoms in total. The topological polar surface area (TPSA) is 69.4 Å². The van der Waals surface area contributed by atoms with E-state index >= 15 is 0 Å². The minimum atomic E-state index is -0.600. The number of para-hydroxylation sites is 1. The molecular weight excluding hydrogens is 234 g/mol.